The van der Waals surface area contributed by atoms with Gasteiger partial charge in [-0.05, 0) is 64.2 Å². The van der Waals surface area contributed by atoms with Crippen LogP contribution in [0.15, 0.2) is 40.9 Å². The number of hydrogen-bond donors (Lipinski definition) is 2. The number of ether oxygens (including phenoxy) is 2. The molecule has 156 valence electrons. The molecule has 0 atom stereocenters. The highest BCUT2D eigenvalue weighted by atomic mass is 79.9. The van der Waals surface area contributed by atoms with Gasteiger partial charge in [-0.25, -0.2) is 4.39 Å². The third kappa shape index (κ3) is 7.05. The van der Waals surface area contributed by atoms with Crippen molar-refractivity contribution in [1.29, 1.82) is 0 Å². The first-order valence-corrected chi connectivity index (χ1v) is 9.93. The molecule has 0 bridgehead atoms. The minimum atomic E-state index is -0.495. The molecule has 0 aliphatic heterocycles. The zero-order valence-corrected chi connectivity index (χ0v) is 18.1. The van der Waals surface area contributed by atoms with Crippen molar-refractivity contribution < 1.29 is 23.5 Å². The molecule has 0 aromatic heterocycles. The number of carbonyl (C=O) groups is 2. The van der Waals surface area contributed by atoms with Crippen LogP contribution in [0.2, 0.25) is 0 Å². The van der Waals surface area contributed by atoms with Gasteiger partial charge in [-0.15, -0.1) is 0 Å². The van der Waals surface area contributed by atoms with Gasteiger partial charge in [0.2, 0.25) is 5.91 Å². The molecule has 2 aromatic rings. The van der Waals surface area contributed by atoms with Crippen LogP contribution in [0.3, 0.4) is 0 Å². The summed E-state index contributed by atoms with van der Waals surface area (Å²) >= 11 is 3.07. The zero-order chi connectivity index (χ0) is 21.4. The average molecular weight is 467 g/mol. The van der Waals surface area contributed by atoms with Gasteiger partial charge in [0.15, 0.2) is 11.5 Å². The second-order valence-electron chi connectivity index (χ2n) is 6.82. The van der Waals surface area contributed by atoms with Crippen LogP contribution in [0.1, 0.15) is 36.2 Å². The summed E-state index contributed by atoms with van der Waals surface area (Å²) in [6, 6.07) is 9.08. The molecule has 2 aromatic carbocycles. The van der Waals surface area contributed by atoms with Crippen molar-refractivity contribution in [3.63, 3.8) is 0 Å². The Kier molecular flexibility index (Phi) is 8.45. The fraction of sp³-hybridized carbons (Fsp3) is 0.333. The van der Waals surface area contributed by atoms with E-state index >= 15 is 0 Å². The first-order valence-electron chi connectivity index (χ1n) is 9.14. The van der Waals surface area contributed by atoms with Crippen LogP contribution in [0.4, 0.5) is 4.39 Å². The van der Waals surface area contributed by atoms with Gasteiger partial charge in [-0.2, -0.15) is 0 Å². The summed E-state index contributed by atoms with van der Waals surface area (Å²) in [4.78, 5) is 24.3. The fourth-order valence-electron chi connectivity index (χ4n) is 2.41. The Morgan fingerprint density at radius 3 is 2.52 bits per heavy atom. The molecule has 0 radical (unpaired) electrons. The van der Waals surface area contributed by atoms with Crippen molar-refractivity contribution in [2.45, 2.75) is 26.7 Å². The van der Waals surface area contributed by atoms with Gasteiger partial charge in [0, 0.05) is 5.56 Å². The minimum Gasteiger partial charge on any atom is -0.493 e. The van der Waals surface area contributed by atoms with Crippen molar-refractivity contribution in [2.75, 3.05) is 13.7 Å². The van der Waals surface area contributed by atoms with Crippen LogP contribution in [-0.4, -0.2) is 25.5 Å². The van der Waals surface area contributed by atoms with Crippen molar-refractivity contribution in [2.24, 2.45) is 5.92 Å². The third-order valence-corrected chi connectivity index (χ3v) is 4.65. The Labute approximate surface area is 177 Å². The van der Waals surface area contributed by atoms with E-state index < -0.39 is 17.6 Å². The van der Waals surface area contributed by atoms with Gasteiger partial charge < -0.3 is 9.47 Å². The van der Waals surface area contributed by atoms with Gasteiger partial charge in [0.1, 0.15) is 5.82 Å². The highest BCUT2D eigenvalue weighted by molar-refractivity contribution is 9.10. The number of carbonyl (C=O) groups excluding carboxylic acids is 2. The highest BCUT2D eigenvalue weighted by Gasteiger charge is 2.13. The largest absolute Gasteiger partial charge is 0.493 e. The van der Waals surface area contributed by atoms with Gasteiger partial charge >= 0.3 is 0 Å². The van der Waals surface area contributed by atoms with Crippen molar-refractivity contribution in [3.8, 4) is 11.5 Å². The van der Waals surface area contributed by atoms with Gasteiger partial charge in [-0.3, -0.25) is 20.4 Å². The van der Waals surface area contributed by atoms with E-state index in [1.54, 1.807) is 18.2 Å². The molecule has 2 rings (SSSR count). The van der Waals surface area contributed by atoms with E-state index in [9.17, 15) is 14.0 Å². The Hall–Kier alpha value is -2.61. The lowest BCUT2D eigenvalue weighted by Gasteiger charge is -2.13. The van der Waals surface area contributed by atoms with Crippen LogP contribution in [0, 0.1) is 11.7 Å². The normalized spacial score (nSPS) is 10.6. The summed E-state index contributed by atoms with van der Waals surface area (Å²) in [5, 5.41) is 0. The summed E-state index contributed by atoms with van der Waals surface area (Å²) in [6.45, 7) is 4.77. The summed E-state index contributed by atoms with van der Waals surface area (Å²) < 4.78 is 24.5. The molecular formula is C21H24BrFN2O4. The molecule has 0 unspecified atom stereocenters. The van der Waals surface area contributed by atoms with E-state index in [0.29, 0.717) is 35.2 Å². The lowest BCUT2D eigenvalue weighted by molar-refractivity contribution is -0.121. The summed E-state index contributed by atoms with van der Waals surface area (Å²) in [5.74, 6) is 0.168. The molecule has 0 heterocycles. The number of rotatable bonds is 8. The van der Waals surface area contributed by atoms with E-state index in [2.05, 4.69) is 40.6 Å². The van der Waals surface area contributed by atoms with E-state index in [-0.39, 0.29) is 10.9 Å². The Morgan fingerprint density at radius 2 is 1.86 bits per heavy atom. The quantitative estimate of drug-likeness (QED) is 0.575. The van der Waals surface area contributed by atoms with Crippen LogP contribution in [-0.2, 0) is 11.2 Å². The molecule has 8 heteroatoms. The first-order chi connectivity index (χ1) is 13.8. The predicted molar refractivity (Wildman–Crippen MR) is 111 cm³/mol. The standard InChI is InChI=1S/C21H24BrFN2O4/c1-13(2)8-9-29-18-7-5-15(12-19(18)28-3)21(27)25-24-20(26)11-14-4-6-17(23)16(22)10-14/h4-7,10,12-13H,8-9,11H2,1-3H3,(H,24,26)(H,25,27). The molecular weight excluding hydrogens is 443 g/mol. The van der Waals surface area contributed by atoms with E-state index in [0.717, 1.165) is 6.42 Å². The predicted octanol–water partition coefficient (Wildman–Crippen LogP) is 4.03. The summed E-state index contributed by atoms with van der Waals surface area (Å²) in [5.41, 5.74) is 5.61. The van der Waals surface area contributed by atoms with Crippen LogP contribution in [0.25, 0.3) is 0 Å². The highest BCUT2D eigenvalue weighted by Crippen LogP contribution is 2.28. The number of amides is 2. The number of halogens is 2. The molecule has 29 heavy (non-hydrogen) atoms. The Bertz CT molecular complexity index is 874. The number of hydrogen-bond acceptors (Lipinski definition) is 4. The number of benzene rings is 2. The van der Waals surface area contributed by atoms with Crippen LogP contribution >= 0.6 is 15.9 Å². The average Bonchev–Trinajstić information content (AvgIpc) is 2.68. The zero-order valence-electron chi connectivity index (χ0n) is 16.6. The number of nitrogens with one attached hydrogen (secondary N) is 2. The van der Waals surface area contributed by atoms with Crippen molar-refractivity contribution in [3.05, 3.63) is 57.8 Å². The van der Waals surface area contributed by atoms with Crippen LogP contribution < -0.4 is 20.3 Å². The lowest BCUT2D eigenvalue weighted by atomic mass is 10.1. The third-order valence-electron chi connectivity index (χ3n) is 4.04. The lowest BCUT2D eigenvalue weighted by Crippen LogP contribution is -2.42. The second kappa shape index (κ2) is 10.8. The van der Waals surface area contributed by atoms with Gasteiger partial charge in [0.05, 0.1) is 24.6 Å². The molecule has 2 amide bonds. The monoisotopic (exact) mass is 466 g/mol. The van der Waals surface area contributed by atoms with Gasteiger partial charge in [-0.1, -0.05) is 19.9 Å². The Balaban J connectivity index is 1.92. The van der Waals surface area contributed by atoms with E-state index in [1.807, 2.05) is 0 Å². The van der Waals surface area contributed by atoms with Gasteiger partial charge in [0.25, 0.3) is 5.91 Å². The molecule has 0 spiro atoms. The second-order valence-corrected chi connectivity index (χ2v) is 7.68. The molecule has 0 aliphatic rings. The maximum absolute atomic E-state index is 13.2. The minimum absolute atomic E-state index is 0.00882. The molecule has 0 saturated heterocycles. The SMILES string of the molecule is COc1cc(C(=O)NNC(=O)Cc2ccc(F)c(Br)c2)ccc1OCCC(C)C. The molecule has 2 N–H and O–H groups in total. The van der Waals surface area contributed by atoms with Crippen molar-refractivity contribution in [1.82, 2.24) is 10.9 Å². The fourth-order valence-corrected chi connectivity index (χ4v) is 2.84. The topological polar surface area (TPSA) is 76.7 Å². The maximum Gasteiger partial charge on any atom is 0.269 e. The molecule has 0 aliphatic carbocycles. The van der Waals surface area contributed by atoms with Crippen LogP contribution in [0.5, 0.6) is 11.5 Å². The van der Waals surface area contributed by atoms with E-state index in [1.165, 1.54) is 25.3 Å². The summed E-state index contributed by atoms with van der Waals surface area (Å²) in [7, 11) is 1.49. The molecule has 6 nitrogen and oxygen atoms in total. The molecule has 0 saturated carbocycles. The molecule has 0 fully saturated rings. The van der Waals surface area contributed by atoms with Crippen molar-refractivity contribution >= 4 is 27.7 Å². The Morgan fingerprint density at radius 1 is 1.10 bits per heavy atom. The van der Waals surface area contributed by atoms with E-state index in [4.69, 9.17) is 9.47 Å². The number of hydrazine groups is 1. The smallest absolute Gasteiger partial charge is 0.269 e. The first kappa shape index (κ1) is 22.7. The number of methoxy groups -OCH3 is 1. The summed E-state index contributed by atoms with van der Waals surface area (Å²) in [6.07, 6.45) is 0.896. The maximum atomic E-state index is 13.2.